The van der Waals surface area contributed by atoms with Crippen molar-refractivity contribution in [3.05, 3.63) is 11.6 Å². The maximum Gasteiger partial charge on any atom is 0.252 e. The zero-order chi connectivity index (χ0) is 27.8. The van der Waals surface area contributed by atoms with E-state index in [1.807, 2.05) is 0 Å². The van der Waals surface area contributed by atoms with E-state index in [0.717, 1.165) is 7.11 Å². The van der Waals surface area contributed by atoms with Crippen LogP contribution in [0.3, 0.4) is 0 Å². The van der Waals surface area contributed by atoms with Gasteiger partial charge in [0.1, 0.15) is 8.42 Å². The fourth-order valence-electron chi connectivity index (χ4n) is 1.62. The lowest BCUT2D eigenvalue weighted by Crippen LogP contribution is -2.43. The molecule has 1 aromatic heterocycles. The first-order chi connectivity index (χ1) is 15.2. The minimum Gasteiger partial charge on any atom is -0.385 e. The van der Waals surface area contributed by atoms with Crippen molar-refractivity contribution in [1.29, 1.82) is 0 Å². The molecule has 2 heterocycles. The molecular weight excluding hydrogens is 362 g/mol. The molecule has 0 aliphatic carbocycles. The molecule has 0 saturated carbocycles. The Balaban J connectivity index is 2.98. The van der Waals surface area contributed by atoms with Gasteiger partial charge in [-0.05, 0) is 19.0 Å². The SMILES string of the molecule is [2H]C([2H])(CC([2H])([2H])N1C([2H])([2H])[C@]([2H])(NC([2H])([2H])C([2H])([2H])[2H])c2cc(S(N)(=O)=O)sc2S1(=O)=O)OC. The Morgan fingerprint density at radius 1 is 1.74 bits per heavy atom. The molecule has 1 aliphatic rings. The minimum absolute atomic E-state index is 0.0947. The Bertz CT molecular complexity index is 1210. The summed E-state index contributed by atoms with van der Waals surface area (Å²) in [6.07, 6.45) is -1.44. The molecule has 8 nitrogen and oxygen atoms in total. The van der Waals surface area contributed by atoms with Crippen LogP contribution in [0.5, 0.6) is 0 Å². The van der Waals surface area contributed by atoms with Crippen LogP contribution in [0.1, 0.15) is 41.3 Å². The molecule has 0 spiro atoms. The van der Waals surface area contributed by atoms with E-state index in [0.29, 0.717) is 6.07 Å². The Morgan fingerprint density at radius 2 is 2.48 bits per heavy atom. The van der Waals surface area contributed by atoms with Crippen LogP contribution in [0, 0.1) is 0 Å². The van der Waals surface area contributed by atoms with Crippen molar-refractivity contribution in [2.45, 2.75) is 27.7 Å². The average Bonchev–Trinajstić information content (AvgIpc) is 3.04. The van der Waals surface area contributed by atoms with Gasteiger partial charge in [0.25, 0.3) is 10.0 Å². The van der Waals surface area contributed by atoms with E-state index in [1.165, 1.54) is 0 Å². The number of ether oxygens (including phenoxy) is 1. The zero-order valence-corrected chi connectivity index (χ0v) is 14.0. The number of sulfonamides is 2. The maximum absolute atomic E-state index is 13.4. The average molecular weight is 396 g/mol. The van der Waals surface area contributed by atoms with Crippen LogP contribution in [-0.4, -0.2) is 54.3 Å². The van der Waals surface area contributed by atoms with E-state index in [2.05, 4.69) is 4.74 Å². The molecule has 0 saturated heterocycles. The second kappa shape index (κ2) is 7.13. The predicted octanol–water partition coefficient (Wildman–Crippen LogP) is 0.0869. The van der Waals surface area contributed by atoms with Gasteiger partial charge in [-0.25, -0.2) is 22.0 Å². The van der Waals surface area contributed by atoms with Gasteiger partial charge in [-0.2, -0.15) is 4.31 Å². The Kier molecular flexibility index (Phi) is 2.55. The summed E-state index contributed by atoms with van der Waals surface area (Å²) in [4.78, 5) is 0. The summed E-state index contributed by atoms with van der Waals surface area (Å²) in [5.74, 6) is 0. The first kappa shape index (κ1) is 8.21. The predicted molar refractivity (Wildman–Crippen MR) is 87.4 cm³/mol. The van der Waals surface area contributed by atoms with Gasteiger partial charge in [-0.1, -0.05) is 6.85 Å². The van der Waals surface area contributed by atoms with Gasteiger partial charge in [0.2, 0.25) is 10.0 Å². The van der Waals surface area contributed by atoms with Crippen LogP contribution in [-0.2, 0) is 24.8 Å². The quantitative estimate of drug-likeness (QED) is 0.675. The van der Waals surface area contributed by atoms with Crippen molar-refractivity contribution < 1.29 is 38.0 Å². The van der Waals surface area contributed by atoms with Gasteiger partial charge in [-0.3, -0.25) is 0 Å². The van der Waals surface area contributed by atoms with E-state index in [4.69, 9.17) is 21.6 Å². The summed E-state index contributed by atoms with van der Waals surface area (Å²) >= 11 is -0.0947. The molecule has 132 valence electrons. The van der Waals surface area contributed by atoms with Gasteiger partial charge in [0.05, 0.1) is 4.11 Å². The molecular formula is C12H21N3O5S3. The third-order valence-corrected chi connectivity index (χ3v) is 7.16. The van der Waals surface area contributed by atoms with E-state index >= 15 is 0 Å². The highest BCUT2D eigenvalue weighted by molar-refractivity contribution is 7.94. The minimum atomic E-state index is -5.39. The van der Waals surface area contributed by atoms with Gasteiger partial charge in [0, 0.05) is 50.6 Å². The van der Waals surface area contributed by atoms with Crippen molar-refractivity contribution in [2.24, 2.45) is 5.14 Å². The number of fused-ring (bicyclic) bond motifs is 1. The molecule has 0 bridgehead atoms. The molecule has 0 aromatic carbocycles. The highest BCUT2D eigenvalue weighted by Crippen LogP contribution is 2.39. The number of hydrogen-bond donors (Lipinski definition) is 2. The van der Waals surface area contributed by atoms with E-state index in [1.54, 1.807) is 5.32 Å². The number of methoxy groups -OCH3 is 1. The maximum atomic E-state index is 13.4. The summed E-state index contributed by atoms with van der Waals surface area (Å²) in [6, 6.07) is -3.01. The molecule has 2 rings (SSSR count). The third kappa shape index (κ3) is 3.92. The number of nitrogens with one attached hydrogen (secondary N) is 1. The highest BCUT2D eigenvalue weighted by Gasteiger charge is 2.39. The van der Waals surface area contributed by atoms with Gasteiger partial charge in [0.15, 0.2) is 0 Å². The van der Waals surface area contributed by atoms with E-state index < -0.39 is 83.7 Å². The van der Waals surface area contributed by atoms with Crippen molar-refractivity contribution in [3.8, 4) is 0 Å². The molecule has 0 amide bonds. The number of primary sulfonamides is 1. The number of nitrogens with zero attached hydrogens (tertiary/aromatic N) is 1. The monoisotopic (exact) mass is 395 g/mol. The number of hydrogen-bond acceptors (Lipinski definition) is 7. The van der Waals surface area contributed by atoms with Gasteiger partial charge >= 0.3 is 0 Å². The molecule has 1 aromatic rings. The van der Waals surface area contributed by atoms with Crippen LogP contribution in [0.4, 0.5) is 0 Å². The molecule has 0 unspecified atom stereocenters. The summed E-state index contributed by atoms with van der Waals surface area (Å²) in [5, 5.41) is 6.60. The second-order valence-electron chi connectivity index (χ2n) is 4.00. The molecule has 0 radical (unpaired) electrons. The van der Waals surface area contributed by atoms with Crippen LogP contribution >= 0.6 is 11.3 Å². The van der Waals surface area contributed by atoms with Crippen molar-refractivity contribution in [3.63, 3.8) is 0 Å². The van der Waals surface area contributed by atoms with Crippen LogP contribution < -0.4 is 10.5 Å². The van der Waals surface area contributed by atoms with Crippen LogP contribution in [0.2, 0.25) is 0 Å². The number of thiophene rings is 1. The lowest BCUT2D eigenvalue weighted by molar-refractivity contribution is 0.185. The van der Waals surface area contributed by atoms with Crippen LogP contribution in [0.15, 0.2) is 14.5 Å². The zero-order valence-electron chi connectivity index (χ0n) is 23.6. The summed E-state index contributed by atoms with van der Waals surface area (Å²) in [5.41, 5.74) is -1.04. The Labute approximate surface area is 157 Å². The summed E-state index contributed by atoms with van der Waals surface area (Å²) in [6.45, 7) is -17.4. The molecule has 3 N–H and O–H groups in total. The van der Waals surface area contributed by atoms with E-state index in [9.17, 15) is 16.8 Å². The molecule has 0 fully saturated rings. The standard InChI is InChI=1S/C12H21N3O5S3/c1-3-14-10-8-15(5-4-6-20-2)23(18,19)12-9(10)7-11(21-12)22(13,16)17/h7,10,14H,3-6,8H2,1-2H3,(H2,13,16,17)/t10-/m0/s1/i1D3,3D2,5D2,6D2,8D2,10D. The van der Waals surface area contributed by atoms with Crippen molar-refractivity contribution in [1.82, 2.24) is 9.62 Å². The number of nitrogens with two attached hydrogens (primary N) is 1. The summed E-state index contributed by atoms with van der Waals surface area (Å²) in [7, 11) is -9.24. The van der Waals surface area contributed by atoms with Crippen LogP contribution in [0.25, 0.3) is 0 Å². The van der Waals surface area contributed by atoms with E-state index in [-0.39, 0.29) is 11.3 Å². The number of likely N-dealkylation sites (N-methyl/N-ethyl adjacent to an activating group) is 1. The normalized spacial score (nSPS) is 36.8. The second-order valence-corrected chi connectivity index (χ2v) is 8.82. The van der Waals surface area contributed by atoms with Gasteiger partial charge < -0.3 is 10.1 Å². The summed E-state index contributed by atoms with van der Waals surface area (Å²) < 4.78 is 147. The smallest absolute Gasteiger partial charge is 0.252 e. The van der Waals surface area contributed by atoms with Crippen molar-refractivity contribution in [2.75, 3.05) is 33.2 Å². The lowest BCUT2D eigenvalue weighted by Gasteiger charge is -2.32. The van der Waals surface area contributed by atoms with Gasteiger partial charge in [-0.15, -0.1) is 11.3 Å². The topological polar surface area (TPSA) is 119 Å². The van der Waals surface area contributed by atoms with Crippen molar-refractivity contribution >= 4 is 31.4 Å². The molecule has 23 heavy (non-hydrogen) atoms. The fraction of sp³-hybridized carbons (Fsp3) is 0.667. The molecule has 1 aliphatic heterocycles. The third-order valence-electron chi connectivity index (χ3n) is 2.54. The molecule has 11 heteroatoms. The number of rotatable bonds is 7. The fourth-order valence-corrected chi connectivity index (χ4v) is 5.37. The largest absolute Gasteiger partial charge is 0.385 e. The first-order valence-corrected chi connectivity index (χ1v) is 9.55. The first-order valence-electron chi connectivity index (χ1n) is 11.7. The highest BCUT2D eigenvalue weighted by atomic mass is 32.3. The Morgan fingerprint density at radius 3 is 3.09 bits per heavy atom. The Hall–Kier alpha value is -0.560. The molecule has 1 atom stereocenters. The lowest BCUT2D eigenvalue weighted by atomic mass is 10.1.